The number of likely N-dealkylation sites (tertiary alicyclic amines) is 1. The molecule has 2 aliphatic rings. The molecule has 8 heteroatoms. The number of aromatic nitrogens is 1. The second-order valence-corrected chi connectivity index (χ2v) is 7.47. The van der Waals surface area contributed by atoms with Crippen LogP contribution in [0.5, 0.6) is 5.75 Å². The lowest BCUT2D eigenvalue weighted by molar-refractivity contribution is -0.130. The van der Waals surface area contributed by atoms with Crippen molar-refractivity contribution in [3.05, 3.63) is 59.9 Å². The van der Waals surface area contributed by atoms with E-state index in [0.29, 0.717) is 37.6 Å². The standard InChI is InChI=1S/C22H25N3O5/c1-15-7-8-17(9-23-15)30-18-13-28-19-11-25(12-20(19)29-14-18)21(26)10-24-22(27)16-5-3-2-4-6-16/h2-9,18-20H,10-14H2,1H3,(H,24,27)/t19-,20-/m0/s1. The van der Waals surface area contributed by atoms with Crippen LogP contribution in [0.4, 0.5) is 0 Å². The maximum absolute atomic E-state index is 12.5. The maximum Gasteiger partial charge on any atom is 0.251 e. The van der Waals surface area contributed by atoms with Crippen molar-refractivity contribution in [2.24, 2.45) is 0 Å². The predicted molar refractivity (Wildman–Crippen MR) is 108 cm³/mol. The Morgan fingerprint density at radius 3 is 2.43 bits per heavy atom. The molecule has 2 fully saturated rings. The van der Waals surface area contributed by atoms with Crippen molar-refractivity contribution in [2.75, 3.05) is 32.8 Å². The zero-order valence-corrected chi connectivity index (χ0v) is 16.8. The van der Waals surface area contributed by atoms with E-state index in [1.807, 2.05) is 25.1 Å². The Morgan fingerprint density at radius 2 is 1.80 bits per heavy atom. The molecule has 0 spiro atoms. The molecule has 0 unspecified atom stereocenters. The van der Waals surface area contributed by atoms with E-state index in [1.165, 1.54) is 0 Å². The van der Waals surface area contributed by atoms with Gasteiger partial charge in [-0.1, -0.05) is 18.2 Å². The van der Waals surface area contributed by atoms with Crippen LogP contribution >= 0.6 is 0 Å². The summed E-state index contributed by atoms with van der Waals surface area (Å²) in [6, 6.07) is 12.6. The molecule has 2 saturated heterocycles. The number of carbonyl (C=O) groups is 2. The molecule has 4 rings (SSSR count). The third kappa shape index (κ3) is 4.95. The normalized spacial score (nSPS) is 21.6. The first-order chi connectivity index (χ1) is 14.6. The van der Waals surface area contributed by atoms with Crippen LogP contribution in [0.15, 0.2) is 48.7 Å². The molecule has 0 saturated carbocycles. The molecule has 30 heavy (non-hydrogen) atoms. The molecule has 2 amide bonds. The van der Waals surface area contributed by atoms with Gasteiger partial charge in [0.15, 0.2) is 0 Å². The molecule has 1 aromatic heterocycles. The Labute approximate surface area is 175 Å². The van der Waals surface area contributed by atoms with Gasteiger partial charge in [-0.15, -0.1) is 0 Å². The molecule has 0 radical (unpaired) electrons. The van der Waals surface area contributed by atoms with Gasteiger partial charge in [0.25, 0.3) is 5.91 Å². The highest BCUT2D eigenvalue weighted by atomic mass is 16.6. The summed E-state index contributed by atoms with van der Waals surface area (Å²) in [6.07, 6.45) is 1.05. The number of nitrogens with zero attached hydrogens (tertiary/aromatic N) is 2. The smallest absolute Gasteiger partial charge is 0.251 e. The lowest BCUT2D eigenvalue weighted by Gasteiger charge is -2.19. The van der Waals surface area contributed by atoms with E-state index in [9.17, 15) is 9.59 Å². The summed E-state index contributed by atoms with van der Waals surface area (Å²) in [5.74, 6) is 0.254. The summed E-state index contributed by atoms with van der Waals surface area (Å²) < 4.78 is 17.8. The molecule has 3 heterocycles. The second-order valence-electron chi connectivity index (χ2n) is 7.47. The third-order valence-corrected chi connectivity index (χ3v) is 5.18. The van der Waals surface area contributed by atoms with E-state index in [2.05, 4.69) is 10.3 Å². The van der Waals surface area contributed by atoms with E-state index >= 15 is 0 Å². The van der Waals surface area contributed by atoms with Gasteiger partial charge in [0.2, 0.25) is 5.91 Å². The topological polar surface area (TPSA) is 90.0 Å². The Hall–Kier alpha value is -2.97. The summed E-state index contributed by atoms with van der Waals surface area (Å²) in [5, 5.41) is 2.67. The molecule has 158 valence electrons. The first kappa shape index (κ1) is 20.3. The number of rotatable bonds is 5. The largest absolute Gasteiger partial charge is 0.484 e. The Morgan fingerprint density at radius 1 is 1.10 bits per heavy atom. The predicted octanol–water partition coefficient (Wildman–Crippen LogP) is 1.19. The number of nitrogens with one attached hydrogen (secondary N) is 1. The number of ether oxygens (including phenoxy) is 3. The first-order valence-corrected chi connectivity index (χ1v) is 10.0. The fourth-order valence-electron chi connectivity index (χ4n) is 3.52. The number of benzene rings is 1. The van der Waals surface area contributed by atoms with Gasteiger partial charge in [-0.2, -0.15) is 0 Å². The zero-order chi connectivity index (χ0) is 20.9. The van der Waals surface area contributed by atoms with E-state index in [0.717, 1.165) is 5.69 Å². The van der Waals surface area contributed by atoms with Crippen molar-refractivity contribution in [3.8, 4) is 5.75 Å². The summed E-state index contributed by atoms with van der Waals surface area (Å²) >= 11 is 0. The number of aryl methyl sites for hydroxylation is 1. The lowest BCUT2D eigenvalue weighted by Crippen LogP contribution is -2.40. The highest BCUT2D eigenvalue weighted by molar-refractivity contribution is 5.96. The van der Waals surface area contributed by atoms with Gasteiger partial charge in [0.05, 0.1) is 26.0 Å². The number of pyridine rings is 1. The molecule has 8 nitrogen and oxygen atoms in total. The van der Waals surface area contributed by atoms with Crippen LogP contribution in [0.25, 0.3) is 0 Å². The van der Waals surface area contributed by atoms with E-state index in [1.54, 1.807) is 35.4 Å². The van der Waals surface area contributed by atoms with Gasteiger partial charge < -0.3 is 24.4 Å². The first-order valence-electron chi connectivity index (χ1n) is 10.0. The number of carbonyl (C=O) groups excluding carboxylic acids is 2. The Kier molecular flexibility index (Phi) is 6.25. The zero-order valence-electron chi connectivity index (χ0n) is 16.8. The molecule has 2 atom stereocenters. The van der Waals surface area contributed by atoms with Crippen molar-refractivity contribution in [2.45, 2.75) is 25.2 Å². The van der Waals surface area contributed by atoms with Crippen LogP contribution in [-0.4, -0.2) is 72.9 Å². The number of amides is 2. The van der Waals surface area contributed by atoms with Crippen molar-refractivity contribution < 1.29 is 23.8 Å². The monoisotopic (exact) mass is 411 g/mol. The Bertz CT molecular complexity index is 858. The minimum absolute atomic E-state index is 0.0562. The summed E-state index contributed by atoms with van der Waals surface area (Å²) in [6.45, 7) is 3.49. The highest BCUT2D eigenvalue weighted by Gasteiger charge is 2.39. The van der Waals surface area contributed by atoms with Gasteiger partial charge >= 0.3 is 0 Å². The molecule has 2 aliphatic heterocycles. The van der Waals surface area contributed by atoms with Crippen LogP contribution in [-0.2, 0) is 14.3 Å². The van der Waals surface area contributed by atoms with Crippen molar-refractivity contribution in [1.29, 1.82) is 0 Å². The SMILES string of the molecule is Cc1ccc(OC2CO[C@H]3CN(C(=O)CNC(=O)c4ccccc4)C[C@@H]3OC2)cn1. The molecule has 0 aliphatic carbocycles. The minimum atomic E-state index is -0.268. The molecule has 0 bridgehead atoms. The molecular weight excluding hydrogens is 386 g/mol. The fraction of sp³-hybridized carbons (Fsp3) is 0.409. The average molecular weight is 411 g/mol. The molecule has 2 aromatic rings. The number of fused-ring (bicyclic) bond motifs is 1. The Balaban J connectivity index is 1.24. The van der Waals surface area contributed by atoms with Crippen LogP contribution < -0.4 is 10.1 Å². The van der Waals surface area contributed by atoms with Crippen LogP contribution in [0.2, 0.25) is 0 Å². The van der Waals surface area contributed by atoms with Gasteiger partial charge in [-0.05, 0) is 31.2 Å². The maximum atomic E-state index is 12.5. The van der Waals surface area contributed by atoms with E-state index in [4.69, 9.17) is 14.2 Å². The summed E-state index contributed by atoms with van der Waals surface area (Å²) in [5.41, 5.74) is 1.45. The summed E-state index contributed by atoms with van der Waals surface area (Å²) in [7, 11) is 0. The molecule has 1 N–H and O–H groups in total. The quantitative estimate of drug-likeness (QED) is 0.795. The lowest BCUT2D eigenvalue weighted by atomic mass is 10.2. The fourth-order valence-corrected chi connectivity index (χ4v) is 3.52. The van der Waals surface area contributed by atoms with Crippen LogP contribution in [0.1, 0.15) is 16.1 Å². The number of hydrogen-bond acceptors (Lipinski definition) is 6. The van der Waals surface area contributed by atoms with Crippen molar-refractivity contribution in [3.63, 3.8) is 0 Å². The number of hydrogen-bond donors (Lipinski definition) is 1. The van der Waals surface area contributed by atoms with Crippen LogP contribution in [0, 0.1) is 6.92 Å². The summed E-state index contributed by atoms with van der Waals surface area (Å²) in [4.78, 5) is 30.5. The van der Waals surface area contributed by atoms with Gasteiger partial charge in [0, 0.05) is 24.3 Å². The van der Waals surface area contributed by atoms with Gasteiger partial charge in [0.1, 0.15) is 24.1 Å². The van der Waals surface area contributed by atoms with E-state index in [-0.39, 0.29) is 36.7 Å². The average Bonchev–Trinajstić information content (AvgIpc) is 3.10. The van der Waals surface area contributed by atoms with Gasteiger partial charge in [-0.3, -0.25) is 14.6 Å². The molecular formula is C22H25N3O5. The van der Waals surface area contributed by atoms with Crippen LogP contribution in [0.3, 0.4) is 0 Å². The second kappa shape index (κ2) is 9.23. The third-order valence-electron chi connectivity index (χ3n) is 5.18. The van der Waals surface area contributed by atoms with Crippen molar-refractivity contribution >= 4 is 11.8 Å². The van der Waals surface area contributed by atoms with Crippen molar-refractivity contribution in [1.82, 2.24) is 15.2 Å². The molecule has 1 aromatic carbocycles. The highest BCUT2D eigenvalue weighted by Crippen LogP contribution is 2.22. The van der Waals surface area contributed by atoms with Gasteiger partial charge in [-0.25, -0.2) is 0 Å². The minimum Gasteiger partial charge on any atom is -0.484 e. The van der Waals surface area contributed by atoms with E-state index < -0.39 is 0 Å².